The van der Waals surface area contributed by atoms with Crippen molar-refractivity contribution >= 4 is 38.8 Å². The molecule has 4 atom stereocenters. The number of rotatable bonds is 4. The van der Waals surface area contributed by atoms with Gasteiger partial charge in [0.15, 0.2) is 0 Å². The van der Waals surface area contributed by atoms with Crippen LogP contribution < -0.4 is 8.37 Å². The molecule has 31 heavy (non-hydrogen) atoms. The second-order valence-corrected chi connectivity index (χ2v) is 11.6. The number of Topliss-reactive ketones (excluding diaryl/α,β-unsaturated/α-hetero) is 1. The number of benzene rings is 2. The molecule has 164 valence electrons. The number of hydrogen-bond donors (Lipinski definition) is 0. The van der Waals surface area contributed by atoms with E-state index in [2.05, 4.69) is 29.5 Å². The van der Waals surface area contributed by atoms with E-state index in [0.29, 0.717) is 23.5 Å². The molecule has 0 unspecified atom stereocenters. The quantitative estimate of drug-likeness (QED) is 0.474. The van der Waals surface area contributed by atoms with E-state index in [4.69, 9.17) is 8.37 Å². The Hall–Kier alpha value is -1.61. The standard InChI is InChI=1S/C24H25IO5S/c1-24-13-12-20-19-9-7-18(30-31(27,28)29-17-5-3-16(25)4-6-17)14-15(19)2-8-21(20)22(24)10-11-23(24)26/h3-7,9,14,20-22H,2,8,10-13H2,1H3/t20-,21-,22+,24+/m1/s1. The second-order valence-electron chi connectivity index (χ2n) is 9.22. The summed E-state index contributed by atoms with van der Waals surface area (Å²) in [5.41, 5.74) is 2.31. The molecule has 0 radical (unpaired) electrons. The summed E-state index contributed by atoms with van der Waals surface area (Å²) in [5.74, 6) is 2.41. The zero-order chi connectivity index (χ0) is 21.8. The number of carbonyl (C=O) groups excluding carboxylic acids is 1. The van der Waals surface area contributed by atoms with Crippen LogP contribution in [0, 0.1) is 20.8 Å². The predicted molar refractivity (Wildman–Crippen MR) is 125 cm³/mol. The SMILES string of the molecule is C[C@]12CC[C@@H]3c4ccc(OS(=O)(=O)Oc5ccc(I)cc5)cc4CC[C@H]3[C@@H]1CCC2=O. The Balaban J connectivity index is 1.34. The van der Waals surface area contributed by atoms with Gasteiger partial charge in [0.25, 0.3) is 0 Å². The molecule has 2 fully saturated rings. The summed E-state index contributed by atoms with van der Waals surface area (Å²) < 4.78 is 36.0. The number of ketones is 1. The molecule has 7 heteroatoms. The number of fused-ring (bicyclic) bond motifs is 5. The summed E-state index contributed by atoms with van der Waals surface area (Å²) in [6.07, 6.45) is 5.63. The molecule has 2 aromatic carbocycles. The molecule has 0 aliphatic heterocycles. The van der Waals surface area contributed by atoms with Crippen molar-refractivity contribution in [1.29, 1.82) is 0 Å². The maximum atomic E-state index is 12.5. The van der Waals surface area contributed by atoms with Gasteiger partial charge in [-0.05, 0) is 120 Å². The van der Waals surface area contributed by atoms with E-state index in [1.54, 1.807) is 30.3 Å². The molecule has 0 aromatic heterocycles. The van der Waals surface area contributed by atoms with Crippen LogP contribution >= 0.6 is 22.6 Å². The van der Waals surface area contributed by atoms with E-state index in [0.717, 1.165) is 47.7 Å². The van der Waals surface area contributed by atoms with E-state index in [1.807, 2.05) is 12.1 Å². The molecule has 5 nitrogen and oxygen atoms in total. The Labute approximate surface area is 197 Å². The first-order valence-electron chi connectivity index (χ1n) is 10.8. The van der Waals surface area contributed by atoms with Gasteiger partial charge in [0.05, 0.1) is 0 Å². The van der Waals surface area contributed by atoms with Crippen LogP contribution in [0.5, 0.6) is 11.5 Å². The Morgan fingerprint density at radius 2 is 1.68 bits per heavy atom. The van der Waals surface area contributed by atoms with Gasteiger partial charge in [-0.2, -0.15) is 0 Å². The molecular weight excluding hydrogens is 527 g/mol. The fraction of sp³-hybridized carbons (Fsp3) is 0.458. The number of carbonyl (C=O) groups is 1. The van der Waals surface area contributed by atoms with Crippen LogP contribution in [-0.4, -0.2) is 14.2 Å². The maximum absolute atomic E-state index is 12.5. The van der Waals surface area contributed by atoms with Crippen LogP contribution in [0.25, 0.3) is 0 Å². The molecule has 0 bridgehead atoms. The third-order valence-electron chi connectivity index (χ3n) is 7.62. The fourth-order valence-electron chi connectivity index (χ4n) is 6.12. The first-order chi connectivity index (χ1) is 14.7. The van der Waals surface area contributed by atoms with Gasteiger partial charge in [-0.3, -0.25) is 4.79 Å². The molecule has 3 aliphatic rings. The highest BCUT2D eigenvalue weighted by atomic mass is 127. The molecule has 5 rings (SSSR count). The lowest BCUT2D eigenvalue weighted by molar-refractivity contribution is -0.129. The largest absolute Gasteiger partial charge is 0.500 e. The Kier molecular flexibility index (Phi) is 5.32. The third kappa shape index (κ3) is 3.88. The van der Waals surface area contributed by atoms with Crippen molar-refractivity contribution < 1.29 is 21.6 Å². The third-order valence-corrected chi connectivity index (χ3v) is 9.13. The van der Waals surface area contributed by atoms with Crippen LogP contribution in [0.3, 0.4) is 0 Å². The summed E-state index contributed by atoms with van der Waals surface area (Å²) in [4.78, 5) is 12.5. The van der Waals surface area contributed by atoms with Crippen molar-refractivity contribution in [1.82, 2.24) is 0 Å². The highest BCUT2D eigenvalue weighted by Gasteiger charge is 2.54. The van der Waals surface area contributed by atoms with E-state index in [-0.39, 0.29) is 16.9 Å². The Morgan fingerprint density at radius 3 is 2.45 bits per heavy atom. The molecule has 0 amide bonds. The highest BCUT2D eigenvalue weighted by Crippen LogP contribution is 2.59. The van der Waals surface area contributed by atoms with Crippen molar-refractivity contribution in [2.75, 3.05) is 0 Å². The Morgan fingerprint density at radius 1 is 0.968 bits per heavy atom. The van der Waals surface area contributed by atoms with E-state index < -0.39 is 10.4 Å². The average molecular weight is 552 g/mol. The number of hydrogen-bond acceptors (Lipinski definition) is 5. The lowest BCUT2D eigenvalue weighted by Gasteiger charge is -2.48. The molecular formula is C24H25IO5S. The van der Waals surface area contributed by atoms with Crippen LogP contribution in [0.2, 0.25) is 0 Å². The second kappa shape index (κ2) is 7.76. The monoisotopic (exact) mass is 552 g/mol. The fourth-order valence-corrected chi connectivity index (χ4v) is 7.20. The summed E-state index contributed by atoms with van der Waals surface area (Å²) in [6.45, 7) is 2.17. The maximum Gasteiger partial charge on any atom is 0.500 e. The first-order valence-corrected chi connectivity index (χ1v) is 13.2. The van der Waals surface area contributed by atoms with Crippen molar-refractivity contribution in [3.8, 4) is 11.5 Å². The van der Waals surface area contributed by atoms with E-state index in [9.17, 15) is 13.2 Å². The lowest BCUT2D eigenvalue weighted by atomic mass is 9.55. The van der Waals surface area contributed by atoms with Gasteiger partial charge in [0, 0.05) is 15.4 Å². The lowest BCUT2D eigenvalue weighted by Crippen LogP contribution is -2.42. The predicted octanol–water partition coefficient (Wildman–Crippen LogP) is 5.42. The summed E-state index contributed by atoms with van der Waals surface area (Å²) in [5, 5.41) is 0. The van der Waals surface area contributed by atoms with Crippen LogP contribution in [0.1, 0.15) is 56.1 Å². The molecule has 2 saturated carbocycles. The number of aryl methyl sites for hydroxylation is 1. The highest BCUT2D eigenvalue weighted by molar-refractivity contribution is 14.1. The average Bonchev–Trinajstić information content (AvgIpc) is 3.03. The topological polar surface area (TPSA) is 69.7 Å². The van der Waals surface area contributed by atoms with Gasteiger partial charge in [-0.25, -0.2) is 0 Å². The minimum Gasteiger partial charge on any atom is -0.353 e. The zero-order valence-corrected chi connectivity index (χ0v) is 20.3. The van der Waals surface area contributed by atoms with Crippen LogP contribution in [-0.2, 0) is 21.6 Å². The molecule has 2 aromatic rings. The van der Waals surface area contributed by atoms with Gasteiger partial charge >= 0.3 is 10.4 Å². The van der Waals surface area contributed by atoms with Crippen molar-refractivity contribution in [3.05, 3.63) is 57.2 Å². The minimum absolute atomic E-state index is 0.136. The number of halogens is 1. The Bertz CT molecular complexity index is 1130. The zero-order valence-electron chi connectivity index (χ0n) is 17.3. The normalized spacial score (nSPS) is 29.6. The molecule has 0 heterocycles. The summed E-state index contributed by atoms with van der Waals surface area (Å²) in [6, 6.07) is 12.3. The van der Waals surface area contributed by atoms with Gasteiger partial charge in [0.2, 0.25) is 0 Å². The molecule has 0 N–H and O–H groups in total. The minimum atomic E-state index is -4.22. The summed E-state index contributed by atoms with van der Waals surface area (Å²) in [7, 11) is -4.22. The van der Waals surface area contributed by atoms with E-state index in [1.165, 1.54) is 5.56 Å². The first kappa shape index (κ1) is 21.2. The molecule has 0 spiro atoms. The van der Waals surface area contributed by atoms with Gasteiger partial charge in [-0.1, -0.05) is 13.0 Å². The van der Waals surface area contributed by atoms with Crippen molar-refractivity contribution in [2.24, 2.45) is 17.3 Å². The molecule has 3 aliphatic carbocycles. The van der Waals surface area contributed by atoms with Gasteiger partial charge in [-0.15, -0.1) is 8.42 Å². The van der Waals surface area contributed by atoms with Gasteiger partial charge < -0.3 is 8.37 Å². The van der Waals surface area contributed by atoms with Crippen LogP contribution in [0.15, 0.2) is 42.5 Å². The smallest absolute Gasteiger partial charge is 0.353 e. The van der Waals surface area contributed by atoms with Crippen LogP contribution in [0.4, 0.5) is 0 Å². The summed E-state index contributed by atoms with van der Waals surface area (Å²) >= 11 is 2.14. The van der Waals surface area contributed by atoms with E-state index >= 15 is 0 Å². The molecule has 0 saturated heterocycles. The van der Waals surface area contributed by atoms with Crippen molar-refractivity contribution in [2.45, 2.75) is 51.4 Å². The van der Waals surface area contributed by atoms with Gasteiger partial charge in [0.1, 0.15) is 17.3 Å². The van der Waals surface area contributed by atoms with Crippen molar-refractivity contribution in [3.63, 3.8) is 0 Å².